The molecule has 4 rings (SSSR count). The maximum Gasteiger partial charge on any atom is 0.416 e. The summed E-state index contributed by atoms with van der Waals surface area (Å²) in [6.45, 7) is 2.62. The van der Waals surface area contributed by atoms with Crippen LogP contribution in [0.4, 0.5) is 33.7 Å². The molecular weight excluding hydrogens is 636 g/mol. The maximum atomic E-state index is 14.4. The molecule has 1 aliphatic heterocycles. The van der Waals surface area contributed by atoms with Crippen LogP contribution in [0.5, 0.6) is 5.75 Å². The number of alkyl halides is 3. The number of nitrogens with zero attached hydrogens (tertiary/aromatic N) is 2. The number of rotatable bonds is 8. The van der Waals surface area contributed by atoms with Crippen LogP contribution in [0.3, 0.4) is 0 Å². The molecule has 246 valence electrons. The molecule has 0 saturated carbocycles. The first-order valence-electron chi connectivity index (χ1n) is 13.8. The molecule has 16 heteroatoms. The van der Waals surface area contributed by atoms with Gasteiger partial charge >= 0.3 is 18.2 Å². The summed E-state index contributed by atoms with van der Waals surface area (Å²) < 4.78 is 88.0. The lowest BCUT2D eigenvalue weighted by Crippen LogP contribution is -2.51. The maximum absolute atomic E-state index is 14.4. The van der Waals surface area contributed by atoms with Crippen LogP contribution in [-0.2, 0) is 21.0 Å². The number of hydrogen-bond donors (Lipinski definition) is 3. The minimum atomic E-state index is -4.56. The molecule has 0 bridgehead atoms. The number of urea groups is 1. The van der Waals surface area contributed by atoms with Crippen molar-refractivity contribution in [1.82, 2.24) is 9.80 Å². The van der Waals surface area contributed by atoms with Crippen molar-refractivity contribution >= 4 is 39.3 Å². The molecule has 0 spiro atoms. The largest absolute Gasteiger partial charge is 0.485 e. The van der Waals surface area contributed by atoms with Crippen LogP contribution >= 0.6 is 0 Å². The van der Waals surface area contributed by atoms with Crippen LogP contribution in [0.25, 0.3) is 0 Å². The Balaban J connectivity index is 1.68. The third-order valence-corrected chi connectivity index (χ3v) is 8.75. The zero-order valence-electron chi connectivity index (χ0n) is 24.7. The molecule has 0 unspecified atom stereocenters. The Labute approximate surface area is 261 Å². The average Bonchev–Trinajstić information content (AvgIpc) is 2.98. The van der Waals surface area contributed by atoms with E-state index in [1.54, 1.807) is 6.92 Å². The standard InChI is InChI=1S/C30H30F4N4O7S/c1-17-15-38(18(2)28(40)41)27(39)21-7-6-9-23(36-46(43,44)25-10-5-4-8-22(25)31)26(21)45-24(17)16-37(3)29(42)35-20-13-11-19(12-14-20)30(32,33)34/h4-14,17-18,24,36H,15-16H2,1-3H3,(H,35,42)(H,40,41)/t17-,18+,24-/m1/s1. The van der Waals surface area contributed by atoms with Crippen LogP contribution in [-0.4, -0.2) is 73.5 Å². The van der Waals surface area contributed by atoms with Gasteiger partial charge in [0.05, 0.1) is 23.4 Å². The number of carboxylic acids is 1. The third-order valence-electron chi connectivity index (χ3n) is 7.35. The fraction of sp³-hybridized carbons (Fsp3) is 0.300. The molecule has 1 aliphatic rings. The molecule has 3 N–H and O–H groups in total. The molecule has 0 fully saturated rings. The number of benzene rings is 3. The number of sulfonamides is 1. The lowest BCUT2D eigenvalue weighted by Gasteiger charge is -2.38. The number of carbonyl (C=O) groups excluding carboxylic acids is 2. The van der Waals surface area contributed by atoms with E-state index < -0.39 is 68.4 Å². The molecule has 0 aromatic heterocycles. The van der Waals surface area contributed by atoms with E-state index in [9.17, 15) is 45.5 Å². The highest BCUT2D eigenvalue weighted by Crippen LogP contribution is 2.36. The number of carboxylic acid groups (broad SMARTS) is 1. The third kappa shape index (κ3) is 7.50. The Morgan fingerprint density at radius 2 is 1.74 bits per heavy atom. The van der Waals surface area contributed by atoms with Gasteiger partial charge in [-0.15, -0.1) is 0 Å². The molecule has 3 aromatic rings. The summed E-state index contributed by atoms with van der Waals surface area (Å²) in [6.07, 6.45) is -5.53. The highest BCUT2D eigenvalue weighted by atomic mass is 32.2. The van der Waals surface area contributed by atoms with Crippen LogP contribution in [0.2, 0.25) is 0 Å². The van der Waals surface area contributed by atoms with E-state index in [2.05, 4.69) is 10.0 Å². The van der Waals surface area contributed by atoms with E-state index in [0.717, 1.165) is 41.3 Å². The summed E-state index contributed by atoms with van der Waals surface area (Å²) in [5.41, 5.74) is -1.24. The van der Waals surface area contributed by atoms with Crippen molar-refractivity contribution in [2.45, 2.75) is 37.1 Å². The lowest BCUT2D eigenvalue weighted by atomic mass is 9.99. The topological polar surface area (TPSA) is 145 Å². The molecule has 1 heterocycles. The van der Waals surface area contributed by atoms with Crippen molar-refractivity contribution in [1.29, 1.82) is 0 Å². The van der Waals surface area contributed by atoms with Gasteiger partial charge in [0.2, 0.25) is 0 Å². The Morgan fingerprint density at radius 1 is 1.09 bits per heavy atom. The van der Waals surface area contributed by atoms with E-state index >= 15 is 0 Å². The van der Waals surface area contributed by atoms with Crippen molar-refractivity contribution < 1.29 is 50.2 Å². The molecule has 11 nitrogen and oxygen atoms in total. The quantitative estimate of drug-likeness (QED) is 0.283. The van der Waals surface area contributed by atoms with Crippen molar-refractivity contribution in [3.8, 4) is 5.75 Å². The Kier molecular flexibility index (Phi) is 9.80. The fourth-order valence-corrected chi connectivity index (χ4v) is 5.85. The van der Waals surface area contributed by atoms with E-state index in [1.807, 2.05) is 0 Å². The second-order valence-corrected chi connectivity index (χ2v) is 12.4. The fourth-order valence-electron chi connectivity index (χ4n) is 4.71. The highest BCUT2D eigenvalue weighted by molar-refractivity contribution is 7.92. The van der Waals surface area contributed by atoms with E-state index in [-0.39, 0.29) is 35.8 Å². The second kappa shape index (κ2) is 13.2. The minimum Gasteiger partial charge on any atom is -0.485 e. The van der Waals surface area contributed by atoms with E-state index in [1.165, 1.54) is 49.2 Å². The molecule has 0 aliphatic carbocycles. The number of para-hydroxylation sites is 1. The summed E-state index contributed by atoms with van der Waals surface area (Å²) in [4.78, 5) is 40.2. The predicted octanol–water partition coefficient (Wildman–Crippen LogP) is 5.12. The first-order valence-corrected chi connectivity index (χ1v) is 15.3. The van der Waals surface area contributed by atoms with Gasteiger partial charge in [0.1, 0.15) is 22.9 Å². The van der Waals surface area contributed by atoms with Gasteiger partial charge in [-0.25, -0.2) is 22.4 Å². The van der Waals surface area contributed by atoms with E-state index in [4.69, 9.17) is 4.74 Å². The lowest BCUT2D eigenvalue weighted by molar-refractivity contribution is -0.142. The summed E-state index contributed by atoms with van der Waals surface area (Å²) >= 11 is 0. The number of likely N-dealkylation sites (N-methyl/N-ethyl adjacent to an activating group) is 1. The number of halogens is 4. The molecule has 0 saturated heterocycles. The smallest absolute Gasteiger partial charge is 0.416 e. The van der Waals surface area contributed by atoms with Gasteiger partial charge in [-0.2, -0.15) is 13.2 Å². The number of nitrogens with one attached hydrogen (secondary N) is 2. The first-order chi connectivity index (χ1) is 21.5. The molecule has 3 amide bonds. The number of fused-ring (bicyclic) bond motifs is 1. The Hall–Kier alpha value is -4.86. The molecule has 46 heavy (non-hydrogen) atoms. The van der Waals surface area contributed by atoms with Gasteiger partial charge in [-0.05, 0) is 55.5 Å². The average molecular weight is 667 g/mol. The second-order valence-electron chi connectivity index (χ2n) is 10.7. The summed E-state index contributed by atoms with van der Waals surface area (Å²) in [5.74, 6) is -4.01. The monoisotopic (exact) mass is 666 g/mol. The Morgan fingerprint density at radius 3 is 2.35 bits per heavy atom. The summed E-state index contributed by atoms with van der Waals surface area (Å²) in [7, 11) is -3.16. The van der Waals surface area contributed by atoms with Gasteiger partial charge in [-0.3, -0.25) is 9.52 Å². The number of aliphatic carboxylic acids is 1. The van der Waals surface area contributed by atoms with Gasteiger partial charge in [0, 0.05) is 25.2 Å². The van der Waals surface area contributed by atoms with Gasteiger partial charge in [-0.1, -0.05) is 25.1 Å². The van der Waals surface area contributed by atoms with E-state index in [0.29, 0.717) is 0 Å². The van der Waals surface area contributed by atoms with Crippen molar-refractivity contribution in [3.63, 3.8) is 0 Å². The number of anilines is 2. The van der Waals surface area contributed by atoms with Crippen LogP contribution in [0, 0.1) is 11.7 Å². The van der Waals surface area contributed by atoms with Crippen molar-refractivity contribution in [2.24, 2.45) is 5.92 Å². The normalized spacial score (nSPS) is 17.5. The molecule has 3 aromatic carbocycles. The number of amides is 3. The number of ether oxygens (including phenoxy) is 1. The van der Waals surface area contributed by atoms with Crippen molar-refractivity contribution in [2.75, 3.05) is 30.2 Å². The van der Waals surface area contributed by atoms with Gasteiger partial charge in [0.15, 0.2) is 5.75 Å². The highest BCUT2D eigenvalue weighted by Gasteiger charge is 2.37. The summed E-state index contributed by atoms with van der Waals surface area (Å²) in [5, 5.41) is 12.2. The van der Waals surface area contributed by atoms with Crippen LogP contribution in [0.1, 0.15) is 29.8 Å². The molecule has 3 atom stereocenters. The zero-order valence-corrected chi connectivity index (χ0v) is 25.5. The van der Waals surface area contributed by atoms with Gasteiger partial charge in [0.25, 0.3) is 15.9 Å². The molecular formula is C30H30F4N4O7S. The number of carbonyl (C=O) groups is 3. The van der Waals surface area contributed by atoms with Crippen molar-refractivity contribution in [3.05, 3.63) is 83.7 Å². The number of hydrogen-bond acceptors (Lipinski definition) is 6. The minimum absolute atomic E-state index is 0.0821. The van der Waals surface area contributed by atoms with Gasteiger partial charge < -0.3 is 25.0 Å². The SMILES string of the molecule is C[C@@H]1CN([C@@H](C)C(=O)O)C(=O)c2cccc(NS(=O)(=O)c3ccccc3F)c2O[C@@H]1CN(C)C(=O)Nc1ccc(C(F)(F)F)cc1. The zero-order chi connectivity index (χ0) is 34.0. The predicted molar refractivity (Wildman–Crippen MR) is 158 cm³/mol. The summed E-state index contributed by atoms with van der Waals surface area (Å²) in [6, 6.07) is 10.3. The van der Waals surface area contributed by atoms with Crippen LogP contribution < -0.4 is 14.8 Å². The molecule has 0 radical (unpaired) electrons. The Bertz CT molecular complexity index is 1740. The van der Waals surface area contributed by atoms with Crippen LogP contribution in [0.15, 0.2) is 71.6 Å². The first kappa shape index (κ1) is 34.0.